The molecule has 0 aromatic carbocycles. The first kappa shape index (κ1) is 8.93. The van der Waals surface area contributed by atoms with Gasteiger partial charge in [-0.25, -0.2) is 4.98 Å². The van der Waals surface area contributed by atoms with Crippen LogP contribution < -0.4 is 5.32 Å². The molecule has 0 saturated carbocycles. The lowest BCUT2D eigenvalue weighted by molar-refractivity contribution is -0.122. The number of nitrogens with zero attached hydrogens (tertiary/aromatic N) is 3. The number of carbonyl (C=O) groups is 1. The molecule has 1 aromatic rings. The zero-order chi connectivity index (χ0) is 10.3. The largest absolute Gasteiger partial charge is 0.331 e. The van der Waals surface area contributed by atoms with E-state index >= 15 is 0 Å². The maximum atomic E-state index is 11.5. The molecule has 0 fully saturated rings. The van der Waals surface area contributed by atoms with Crippen LogP contribution in [0.3, 0.4) is 0 Å². The molecule has 0 saturated heterocycles. The number of rotatable bonds is 1. The number of hydrogen-bond donors (Lipinski definition) is 1. The average molecular weight is 192 g/mol. The van der Waals surface area contributed by atoms with E-state index < -0.39 is 5.54 Å². The standard InChI is InChI=1S/C9H12N4O/c1-9(2)8(14)11-7(12-9)6-4-10-5-13(6)3/h4-5H,1-3H3,(H,11,12,14). The summed E-state index contributed by atoms with van der Waals surface area (Å²) in [6.45, 7) is 3.57. The number of aryl methyl sites for hydroxylation is 1. The highest BCUT2D eigenvalue weighted by molar-refractivity contribution is 6.14. The van der Waals surface area contributed by atoms with Gasteiger partial charge in [0.15, 0.2) is 5.84 Å². The minimum atomic E-state index is -0.667. The summed E-state index contributed by atoms with van der Waals surface area (Å²) >= 11 is 0. The molecule has 0 unspecified atom stereocenters. The molecular weight excluding hydrogens is 180 g/mol. The third-order valence-electron chi connectivity index (χ3n) is 2.24. The van der Waals surface area contributed by atoms with Crippen molar-refractivity contribution < 1.29 is 4.79 Å². The lowest BCUT2D eigenvalue weighted by Gasteiger charge is -2.07. The van der Waals surface area contributed by atoms with Gasteiger partial charge in [0.2, 0.25) is 0 Å². The average Bonchev–Trinajstić information content (AvgIpc) is 2.58. The molecule has 1 amide bonds. The zero-order valence-electron chi connectivity index (χ0n) is 8.40. The number of amidine groups is 1. The van der Waals surface area contributed by atoms with E-state index in [4.69, 9.17) is 0 Å². The SMILES string of the molecule is Cn1cncc1C1=NC(C)(C)C(=O)N1. The normalized spacial score (nSPS) is 19.4. The van der Waals surface area contributed by atoms with Crippen LogP contribution in [0.2, 0.25) is 0 Å². The summed E-state index contributed by atoms with van der Waals surface area (Å²) in [5.41, 5.74) is 0.156. The summed E-state index contributed by atoms with van der Waals surface area (Å²) in [5, 5.41) is 2.74. The van der Waals surface area contributed by atoms with Crippen LogP contribution in [0.15, 0.2) is 17.5 Å². The van der Waals surface area contributed by atoms with Crippen LogP contribution in [0.1, 0.15) is 19.5 Å². The second-order valence-corrected chi connectivity index (χ2v) is 3.86. The van der Waals surface area contributed by atoms with Gasteiger partial charge in [0.25, 0.3) is 5.91 Å². The fraction of sp³-hybridized carbons (Fsp3) is 0.444. The third-order valence-corrected chi connectivity index (χ3v) is 2.24. The molecule has 0 spiro atoms. The Labute approximate surface area is 81.9 Å². The highest BCUT2D eigenvalue weighted by Crippen LogP contribution is 2.16. The number of hydrogen-bond acceptors (Lipinski definition) is 3. The van der Waals surface area contributed by atoms with Gasteiger partial charge < -0.3 is 9.88 Å². The van der Waals surface area contributed by atoms with Crippen molar-refractivity contribution >= 4 is 11.7 Å². The molecule has 1 N–H and O–H groups in total. The van der Waals surface area contributed by atoms with E-state index in [1.807, 2.05) is 11.6 Å². The molecule has 2 heterocycles. The number of amides is 1. The van der Waals surface area contributed by atoms with E-state index in [-0.39, 0.29) is 5.91 Å². The molecular formula is C9H12N4O. The minimum Gasteiger partial charge on any atom is -0.331 e. The van der Waals surface area contributed by atoms with Crippen molar-refractivity contribution in [3.63, 3.8) is 0 Å². The Morgan fingerprint density at radius 2 is 2.21 bits per heavy atom. The summed E-state index contributed by atoms with van der Waals surface area (Å²) in [5.74, 6) is 0.522. The van der Waals surface area contributed by atoms with Gasteiger partial charge in [0.1, 0.15) is 11.2 Å². The Bertz CT molecular complexity index is 416. The van der Waals surface area contributed by atoms with Gasteiger partial charge in [0, 0.05) is 7.05 Å². The molecule has 0 aliphatic carbocycles. The Hall–Kier alpha value is -1.65. The van der Waals surface area contributed by atoms with E-state index in [0.29, 0.717) is 5.84 Å². The lowest BCUT2D eigenvalue weighted by Crippen LogP contribution is -2.35. The third kappa shape index (κ3) is 1.21. The van der Waals surface area contributed by atoms with Crippen molar-refractivity contribution in [3.05, 3.63) is 18.2 Å². The predicted octanol–water partition coefficient (Wildman–Crippen LogP) is 0.0751. The summed E-state index contributed by atoms with van der Waals surface area (Å²) in [7, 11) is 1.86. The number of aromatic nitrogens is 2. The van der Waals surface area contributed by atoms with Crippen LogP contribution in [-0.4, -0.2) is 26.8 Å². The Morgan fingerprint density at radius 3 is 2.64 bits per heavy atom. The van der Waals surface area contributed by atoms with Crippen LogP contribution in [0.25, 0.3) is 0 Å². The highest BCUT2D eigenvalue weighted by Gasteiger charge is 2.35. The van der Waals surface area contributed by atoms with Crippen molar-refractivity contribution in [2.24, 2.45) is 12.0 Å². The molecule has 5 nitrogen and oxygen atoms in total. The van der Waals surface area contributed by atoms with Gasteiger partial charge in [0.05, 0.1) is 12.5 Å². The smallest absolute Gasteiger partial charge is 0.252 e. The molecule has 14 heavy (non-hydrogen) atoms. The molecule has 0 atom stereocenters. The topological polar surface area (TPSA) is 59.3 Å². The second-order valence-electron chi connectivity index (χ2n) is 3.86. The van der Waals surface area contributed by atoms with Crippen LogP contribution in [0, 0.1) is 0 Å². The van der Waals surface area contributed by atoms with Crippen LogP contribution in [-0.2, 0) is 11.8 Å². The van der Waals surface area contributed by atoms with Gasteiger partial charge >= 0.3 is 0 Å². The maximum absolute atomic E-state index is 11.5. The Morgan fingerprint density at radius 1 is 1.50 bits per heavy atom. The predicted molar refractivity (Wildman–Crippen MR) is 52.0 cm³/mol. The summed E-state index contributed by atoms with van der Waals surface area (Å²) in [6, 6.07) is 0. The van der Waals surface area contributed by atoms with Crippen molar-refractivity contribution in [1.82, 2.24) is 14.9 Å². The Balaban J connectivity index is 2.40. The lowest BCUT2D eigenvalue weighted by atomic mass is 10.1. The van der Waals surface area contributed by atoms with E-state index in [1.165, 1.54) is 0 Å². The first-order chi connectivity index (χ1) is 6.50. The van der Waals surface area contributed by atoms with Crippen molar-refractivity contribution in [2.75, 3.05) is 0 Å². The summed E-state index contributed by atoms with van der Waals surface area (Å²) in [4.78, 5) is 19.7. The van der Waals surface area contributed by atoms with Crippen molar-refractivity contribution in [1.29, 1.82) is 0 Å². The number of aliphatic imine (C=N–C) groups is 1. The summed E-state index contributed by atoms with van der Waals surface area (Å²) in [6.07, 6.45) is 3.36. The van der Waals surface area contributed by atoms with E-state index in [2.05, 4.69) is 15.3 Å². The number of nitrogens with one attached hydrogen (secondary N) is 1. The first-order valence-electron chi connectivity index (χ1n) is 4.39. The van der Waals surface area contributed by atoms with Gasteiger partial charge in [-0.05, 0) is 13.8 Å². The fourth-order valence-electron chi connectivity index (χ4n) is 1.33. The molecule has 74 valence electrons. The van der Waals surface area contributed by atoms with Crippen molar-refractivity contribution in [2.45, 2.75) is 19.4 Å². The molecule has 0 radical (unpaired) electrons. The first-order valence-corrected chi connectivity index (χ1v) is 4.39. The van der Waals surface area contributed by atoms with Crippen molar-refractivity contribution in [3.8, 4) is 0 Å². The van der Waals surface area contributed by atoms with Crippen LogP contribution in [0.5, 0.6) is 0 Å². The van der Waals surface area contributed by atoms with Crippen LogP contribution >= 0.6 is 0 Å². The molecule has 2 rings (SSSR count). The molecule has 1 aromatic heterocycles. The van der Waals surface area contributed by atoms with Gasteiger partial charge in [-0.2, -0.15) is 0 Å². The highest BCUT2D eigenvalue weighted by atomic mass is 16.2. The Kier molecular flexibility index (Phi) is 1.70. The monoisotopic (exact) mass is 192 g/mol. The van der Waals surface area contributed by atoms with Crippen LogP contribution in [0.4, 0.5) is 0 Å². The van der Waals surface area contributed by atoms with Gasteiger partial charge in [-0.3, -0.25) is 9.79 Å². The number of carbonyl (C=O) groups excluding carboxylic acids is 1. The quantitative estimate of drug-likeness (QED) is 0.684. The second kappa shape index (κ2) is 2.67. The molecule has 1 aliphatic rings. The number of imidazole rings is 1. The molecule has 0 bridgehead atoms. The van der Waals surface area contributed by atoms with E-state index in [0.717, 1.165) is 5.69 Å². The van der Waals surface area contributed by atoms with Gasteiger partial charge in [-0.1, -0.05) is 0 Å². The molecule has 1 aliphatic heterocycles. The van der Waals surface area contributed by atoms with E-state index in [1.54, 1.807) is 26.4 Å². The molecule has 5 heteroatoms. The fourth-order valence-corrected chi connectivity index (χ4v) is 1.33. The van der Waals surface area contributed by atoms with E-state index in [9.17, 15) is 4.79 Å². The minimum absolute atomic E-state index is 0.0753. The van der Waals surface area contributed by atoms with Gasteiger partial charge in [-0.15, -0.1) is 0 Å². The maximum Gasteiger partial charge on any atom is 0.252 e. The summed E-state index contributed by atoms with van der Waals surface area (Å²) < 4.78 is 1.82. The zero-order valence-corrected chi connectivity index (χ0v) is 8.40.